The maximum absolute atomic E-state index is 13.9. The molecule has 6 atom stereocenters. The number of amides is 1. The number of nitrogens with one attached hydrogen (secondary N) is 5. The molecule has 7 aromatic carbocycles. The molecule has 0 aliphatic heterocycles. The molecule has 6 heterocycles. The molecule has 0 radical (unpaired) electrons. The van der Waals surface area contributed by atoms with Crippen LogP contribution in [0.1, 0.15) is 136 Å². The van der Waals surface area contributed by atoms with Crippen molar-refractivity contribution >= 4 is 132 Å². The Morgan fingerprint density at radius 1 is 0.496 bits per heavy atom. The number of anilines is 1. The molecule has 0 fully saturated rings. The van der Waals surface area contributed by atoms with E-state index in [2.05, 4.69) is 50.0 Å². The Morgan fingerprint density at radius 3 is 1.30 bits per heavy atom. The summed E-state index contributed by atoms with van der Waals surface area (Å²) in [5, 5.41) is 9.46. The zero-order valence-corrected chi connectivity index (χ0v) is 69.8. The van der Waals surface area contributed by atoms with Gasteiger partial charge in [-0.2, -0.15) is 0 Å². The Labute approximate surface area is 669 Å². The molecule has 0 saturated heterocycles. The van der Waals surface area contributed by atoms with Gasteiger partial charge in [-0.05, 0) is 193 Å². The number of hydrogen-bond acceptors (Lipinski definition) is 17. The average molecular weight is 1650 g/mol. The molecular weight excluding hydrogens is 1560 g/mol. The zero-order valence-electron chi connectivity index (χ0n) is 65.0. The molecular formula is C83H87ClF4N12O8S5. The van der Waals surface area contributed by atoms with Crippen molar-refractivity contribution in [2.75, 3.05) is 24.1 Å². The van der Waals surface area contributed by atoms with E-state index in [4.69, 9.17) is 26.3 Å². The summed E-state index contributed by atoms with van der Waals surface area (Å²) in [6.07, 6.45) is 6.64. The van der Waals surface area contributed by atoms with Gasteiger partial charge in [0.05, 0.1) is 98.8 Å². The number of carbonyl (C=O) groups is 1. The van der Waals surface area contributed by atoms with Gasteiger partial charge in [0.25, 0.3) is 0 Å². The summed E-state index contributed by atoms with van der Waals surface area (Å²) in [6.45, 7) is 24.3. The number of benzene rings is 7. The number of alkyl carbamates (subject to hydrolysis) is 1. The summed E-state index contributed by atoms with van der Waals surface area (Å²) in [7, 11) is -9.52. The molecule has 0 unspecified atom stereocenters. The Kier molecular flexibility index (Phi) is 26.8. The van der Waals surface area contributed by atoms with Crippen molar-refractivity contribution in [2.45, 2.75) is 144 Å². The zero-order chi connectivity index (χ0) is 82.4. The van der Waals surface area contributed by atoms with E-state index in [-0.39, 0.29) is 49.0 Å². The van der Waals surface area contributed by atoms with E-state index in [1.807, 2.05) is 111 Å². The fraction of sp³-hybridized carbons (Fsp3) is 0.277. The van der Waals surface area contributed by atoms with Gasteiger partial charge >= 0.3 is 6.09 Å². The highest BCUT2D eigenvalue weighted by Gasteiger charge is 2.29. The van der Waals surface area contributed by atoms with Crippen molar-refractivity contribution in [3.63, 3.8) is 0 Å². The molecule has 5 N–H and O–H groups in total. The van der Waals surface area contributed by atoms with Crippen LogP contribution in [0.5, 0.6) is 0 Å². The first kappa shape index (κ1) is 85.7. The van der Waals surface area contributed by atoms with Crippen LogP contribution in [-0.4, -0.2) is 105 Å². The highest BCUT2D eigenvalue weighted by atomic mass is 35.5. The highest BCUT2D eigenvalue weighted by Crippen LogP contribution is 2.40. The molecule has 13 rings (SSSR count). The lowest BCUT2D eigenvalue weighted by Gasteiger charge is -2.24. The third-order valence-electron chi connectivity index (χ3n) is 17.5. The van der Waals surface area contributed by atoms with Crippen molar-refractivity contribution in [2.24, 2.45) is 0 Å². The molecule has 0 bridgehead atoms. The van der Waals surface area contributed by atoms with Crippen LogP contribution in [0.3, 0.4) is 0 Å². The lowest BCUT2D eigenvalue weighted by molar-refractivity contribution is 0.0507. The third kappa shape index (κ3) is 21.6. The lowest BCUT2D eigenvalue weighted by atomic mass is 9.98. The molecule has 592 valence electrons. The van der Waals surface area contributed by atoms with Crippen LogP contribution in [0, 0.1) is 23.3 Å². The van der Waals surface area contributed by atoms with Gasteiger partial charge in [-0.25, -0.2) is 91.9 Å². The highest BCUT2D eigenvalue weighted by molar-refractivity contribution is 7.98. The van der Waals surface area contributed by atoms with Crippen LogP contribution in [0.25, 0.3) is 88.5 Å². The van der Waals surface area contributed by atoms with Crippen molar-refractivity contribution in [1.29, 1.82) is 0 Å². The molecule has 113 heavy (non-hydrogen) atoms. The van der Waals surface area contributed by atoms with E-state index in [0.29, 0.717) is 77.7 Å². The molecule has 20 nitrogen and oxygen atoms in total. The van der Waals surface area contributed by atoms with Gasteiger partial charge in [0.1, 0.15) is 45.9 Å². The Bertz CT molecular complexity index is 6030. The minimum absolute atomic E-state index is 0.101. The molecule has 30 heteroatoms. The Balaban J connectivity index is 0.000000162. The summed E-state index contributed by atoms with van der Waals surface area (Å²) >= 11 is 7.82. The number of aromatic amines is 1. The van der Waals surface area contributed by atoms with Gasteiger partial charge in [-0.3, -0.25) is 0 Å². The predicted octanol–water partition coefficient (Wildman–Crippen LogP) is 19.3. The van der Waals surface area contributed by atoms with Gasteiger partial charge in [0.15, 0.2) is 31.1 Å². The second-order valence-corrected chi connectivity index (χ2v) is 38.9. The number of imidazole rings is 1. The number of nitrogens with zero attached hydrogens (tertiary/aromatic N) is 7. The first-order valence-electron chi connectivity index (χ1n) is 35.6. The minimum Gasteiger partial charge on any atom is -0.444 e. The van der Waals surface area contributed by atoms with Crippen molar-refractivity contribution in [3.05, 3.63) is 233 Å². The van der Waals surface area contributed by atoms with E-state index in [0.717, 1.165) is 61.5 Å². The Hall–Kier alpha value is -9.72. The monoisotopic (exact) mass is 1650 g/mol. The minimum atomic E-state index is -3.56. The molecule has 13 aromatic rings. The number of pyridine rings is 4. The van der Waals surface area contributed by atoms with Gasteiger partial charge in [-0.1, -0.05) is 66.2 Å². The number of H-pyrrole nitrogens is 1. The van der Waals surface area contributed by atoms with Crippen molar-refractivity contribution < 1.29 is 52.3 Å². The fourth-order valence-electron chi connectivity index (χ4n) is 11.9. The van der Waals surface area contributed by atoms with E-state index in [1.165, 1.54) is 67.3 Å². The normalized spacial score (nSPS) is 13.7. The van der Waals surface area contributed by atoms with Crippen molar-refractivity contribution in [3.8, 4) is 33.8 Å². The number of rotatable bonds is 17. The van der Waals surface area contributed by atoms with Crippen LogP contribution in [0.4, 0.5) is 28.2 Å². The second-order valence-electron chi connectivity index (χ2n) is 29.7. The van der Waals surface area contributed by atoms with Crippen LogP contribution in [-0.2, 0) is 46.4 Å². The lowest BCUT2D eigenvalue weighted by Crippen LogP contribution is -2.35. The standard InChI is InChI=1S/C23H19FN6O2S.C23H25FN2O4S.C22H25FN2OS2.C15H18ClFN2OS/c1-13(29-23-21-22(26-11-25-21)27-12-28-23)17-9-14-7-8-15(24)10-18(14)30-20(17)16-5-3-4-6-19(16)33(2,31)32;1-14(25-22(27)30-23(2,3)4)18-12-15-10-11-16(24)13-19(15)26-21(18)17-8-6-7-9-20(17)31(5,28)29;1-14(25-28(26)22(2,3)4)18-12-15-10-11-16(23)13-19(15)24-21(18)17-8-6-7-9-20(17)27-5;1-9(19-21(20)15(2,3)4)12-7-10-5-6-11(17)8-13(10)18-14(12)16/h3-13H,1-2H3,(H2,25,26,27,28,29);6-14H,1-5H3,(H,25,27);6-14,25H,1-5H3;5-9,19H,1-4H3/t13-;14-;14-,28+;9-,21+/m0000/s1. The molecule has 0 spiro atoms. The van der Waals surface area contributed by atoms with Gasteiger partial charge < -0.3 is 20.4 Å². The summed E-state index contributed by atoms with van der Waals surface area (Å²) in [5.41, 5.74) is 8.84. The van der Waals surface area contributed by atoms with E-state index in [1.54, 1.807) is 112 Å². The summed E-state index contributed by atoms with van der Waals surface area (Å²) in [6, 6.07) is 45.0. The molecule has 0 aliphatic carbocycles. The number of aromatic nitrogens is 8. The first-order valence-corrected chi connectivity index (χ1v) is 43.3. The number of hydrogen-bond donors (Lipinski definition) is 5. The summed E-state index contributed by atoms with van der Waals surface area (Å²) in [5.74, 6) is -0.976. The smallest absolute Gasteiger partial charge is 0.408 e. The van der Waals surface area contributed by atoms with Crippen LogP contribution in [0.2, 0.25) is 5.15 Å². The van der Waals surface area contributed by atoms with Gasteiger partial charge in [0, 0.05) is 109 Å². The number of halogens is 5. The fourth-order valence-corrected chi connectivity index (χ4v) is 16.2. The average Bonchev–Trinajstić information content (AvgIpc) is 1.83. The van der Waals surface area contributed by atoms with Crippen LogP contribution in [0.15, 0.2) is 197 Å². The largest absolute Gasteiger partial charge is 0.444 e. The predicted molar refractivity (Wildman–Crippen MR) is 447 cm³/mol. The number of ether oxygens (including phenoxy) is 1. The van der Waals surface area contributed by atoms with Gasteiger partial charge in [-0.15, -0.1) is 11.8 Å². The summed E-state index contributed by atoms with van der Waals surface area (Å²) < 4.78 is 140. The number of sulfone groups is 2. The van der Waals surface area contributed by atoms with Crippen LogP contribution >= 0.6 is 23.4 Å². The maximum Gasteiger partial charge on any atom is 0.408 e. The topological polar surface area (TPSA) is 283 Å². The Morgan fingerprint density at radius 2 is 0.876 bits per heavy atom. The first-order chi connectivity index (χ1) is 53.0. The maximum atomic E-state index is 13.9. The SMILES string of the molecule is CSc1ccccc1-c1nc2cc(F)ccc2cc1[C@H](C)N[S@](=O)C(C)(C)C.C[C@H](NC(=O)OC(C)(C)C)c1cc2ccc(F)cc2nc1-c1ccccc1S(C)(=O)=O.C[C@H](N[S@](=O)C(C)(C)C)c1cc2ccc(F)cc2nc1Cl.C[C@H](Nc1ncnc2nc[nH]c12)c1cc2ccc(F)cc2nc1-c1ccccc1S(C)(=O)=O. The summed E-state index contributed by atoms with van der Waals surface area (Å²) in [4.78, 5) is 47.6. The number of carbonyl (C=O) groups excluding carboxylic acids is 1. The number of thioether (sulfide) groups is 1. The molecule has 1 amide bonds. The van der Waals surface area contributed by atoms with E-state index in [9.17, 15) is 47.6 Å². The van der Waals surface area contributed by atoms with Gasteiger partial charge in [0.2, 0.25) is 0 Å². The van der Waals surface area contributed by atoms with Crippen molar-refractivity contribution in [1.82, 2.24) is 54.6 Å². The quantitative estimate of drug-likeness (QED) is 0.0322. The molecule has 0 saturated carbocycles. The van der Waals surface area contributed by atoms with E-state index >= 15 is 0 Å². The molecule has 0 aliphatic rings. The number of fused-ring (bicyclic) bond motifs is 5. The van der Waals surface area contributed by atoms with E-state index < -0.39 is 71.0 Å². The van der Waals surface area contributed by atoms with Crippen LogP contribution < -0.4 is 20.1 Å². The second kappa shape index (κ2) is 35.3. The third-order valence-corrected chi connectivity index (χ3v) is 24.3. The molecule has 6 aromatic heterocycles.